The molecule has 0 fully saturated rings. The molecular formula is C31H30Cl2N2O4S. The summed E-state index contributed by atoms with van der Waals surface area (Å²) >= 11 is 13.9. The molecule has 1 aromatic heterocycles. The molecule has 1 N–H and O–H groups in total. The first-order chi connectivity index (χ1) is 19.2. The van der Waals surface area contributed by atoms with Gasteiger partial charge >= 0.3 is 5.97 Å². The van der Waals surface area contributed by atoms with E-state index in [0.29, 0.717) is 46.6 Å². The fourth-order valence-electron chi connectivity index (χ4n) is 4.30. The Morgan fingerprint density at radius 3 is 2.52 bits per heavy atom. The van der Waals surface area contributed by atoms with E-state index >= 15 is 0 Å². The van der Waals surface area contributed by atoms with Crippen molar-refractivity contribution < 1.29 is 19.4 Å². The Hall–Kier alpha value is -3.26. The van der Waals surface area contributed by atoms with Crippen LogP contribution in [0.5, 0.6) is 5.75 Å². The van der Waals surface area contributed by atoms with Crippen LogP contribution < -0.4 is 4.74 Å². The van der Waals surface area contributed by atoms with Gasteiger partial charge in [-0.2, -0.15) is 11.8 Å². The first-order valence-electron chi connectivity index (χ1n) is 12.8. The number of carboxylic acids is 1. The molecule has 0 spiro atoms. The van der Waals surface area contributed by atoms with Crippen molar-refractivity contribution in [2.24, 2.45) is 0 Å². The molecule has 4 aromatic rings. The summed E-state index contributed by atoms with van der Waals surface area (Å²) in [5.74, 6) is 0.236. The second-order valence-corrected chi connectivity index (χ2v) is 11.7. The number of carboxylic acid groups (broad SMARTS) is 1. The SMILES string of the molecule is CN(C)C(=O)c1cc(Cl)ccc1CCC(SCCC(=O)O)c1cccc(OCc2ccc3ccc(Cl)cc3n2)c1. The topological polar surface area (TPSA) is 79.7 Å². The number of amides is 1. The van der Waals surface area contributed by atoms with Crippen LogP contribution in [0, 0.1) is 0 Å². The summed E-state index contributed by atoms with van der Waals surface area (Å²) in [6.07, 6.45) is 1.40. The Balaban J connectivity index is 1.50. The third kappa shape index (κ3) is 8.13. The second-order valence-electron chi connectivity index (χ2n) is 9.54. The molecule has 1 unspecified atom stereocenters. The molecule has 9 heteroatoms. The Morgan fingerprint density at radius 1 is 1.00 bits per heavy atom. The van der Waals surface area contributed by atoms with Crippen molar-refractivity contribution in [3.63, 3.8) is 0 Å². The maximum Gasteiger partial charge on any atom is 0.304 e. The number of aliphatic carboxylic acids is 1. The smallest absolute Gasteiger partial charge is 0.304 e. The van der Waals surface area contributed by atoms with Crippen molar-refractivity contribution >= 4 is 57.7 Å². The highest BCUT2D eigenvalue weighted by atomic mass is 35.5. The summed E-state index contributed by atoms with van der Waals surface area (Å²) in [6.45, 7) is 0.295. The van der Waals surface area contributed by atoms with Crippen LogP contribution in [-0.2, 0) is 17.8 Å². The number of fused-ring (bicyclic) bond motifs is 1. The van der Waals surface area contributed by atoms with Gasteiger partial charge in [0.2, 0.25) is 0 Å². The van der Waals surface area contributed by atoms with Crippen molar-refractivity contribution in [1.82, 2.24) is 9.88 Å². The first-order valence-corrected chi connectivity index (χ1v) is 14.6. The average Bonchev–Trinajstić information content (AvgIpc) is 2.93. The minimum absolute atomic E-state index is 0.00169. The van der Waals surface area contributed by atoms with Crippen molar-refractivity contribution in [3.8, 4) is 5.75 Å². The summed E-state index contributed by atoms with van der Waals surface area (Å²) < 4.78 is 6.09. The highest BCUT2D eigenvalue weighted by Crippen LogP contribution is 2.36. The number of nitrogens with zero attached hydrogens (tertiary/aromatic N) is 2. The molecule has 6 nitrogen and oxygen atoms in total. The van der Waals surface area contributed by atoms with Crippen LogP contribution in [0.4, 0.5) is 0 Å². The van der Waals surface area contributed by atoms with Gasteiger partial charge in [-0.25, -0.2) is 4.98 Å². The van der Waals surface area contributed by atoms with E-state index in [-0.39, 0.29) is 17.6 Å². The van der Waals surface area contributed by atoms with E-state index in [1.54, 1.807) is 38.0 Å². The molecular weight excluding hydrogens is 567 g/mol. The Bertz CT molecular complexity index is 1510. The van der Waals surface area contributed by atoms with Gasteiger partial charge in [-0.3, -0.25) is 9.59 Å². The number of halogens is 2. The highest BCUT2D eigenvalue weighted by molar-refractivity contribution is 7.99. The molecule has 0 aliphatic rings. The lowest BCUT2D eigenvalue weighted by Gasteiger charge is -2.20. The number of hydrogen-bond donors (Lipinski definition) is 1. The Morgan fingerprint density at radius 2 is 1.75 bits per heavy atom. The molecule has 0 aliphatic heterocycles. The molecule has 0 saturated heterocycles. The van der Waals surface area contributed by atoms with Crippen LogP contribution in [0.25, 0.3) is 10.9 Å². The first kappa shape index (κ1) is 29.7. The number of pyridine rings is 1. The van der Waals surface area contributed by atoms with Gasteiger partial charge in [0.15, 0.2) is 0 Å². The standard InChI is InChI=1S/C31H30Cl2N2O4S/c1-35(2)31(38)27-17-23(32)10-6-20(27)9-13-29(40-15-14-30(36)37)22-4-3-5-26(16-22)39-19-25-12-8-21-7-11-24(33)18-28(21)34-25/h3-8,10-12,16-18,29H,9,13-15,19H2,1-2H3,(H,36,37). The normalized spacial score (nSPS) is 11.8. The zero-order valence-corrected chi connectivity index (χ0v) is 24.6. The van der Waals surface area contributed by atoms with Gasteiger partial charge in [0, 0.05) is 46.1 Å². The van der Waals surface area contributed by atoms with Crippen LogP contribution in [0.2, 0.25) is 10.0 Å². The maximum absolute atomic E-state index is 12.8. The zero-order valence-electron chi connectivity index (χ0n) is 22.3. The van der Waals surface area contributed by atoms with E-state index < -0.39 is 5.97 Å². The molecule has 208 valence electrons. The maximum atomic E-state index is 12.8. The van der Waals surface area contributed by atoms with Gasteiger partial charge in [0.1, 0.15) is 12.4 Å². The summed E-state index contributed by atoms with van der Waals surface area (Å²) in [7, 11) is 3.43. The quantitative estimate of drug-likeness (QED) is 0.180. The Labute approximate surface area is 248 Å². The van der Waals surface area contributed by atoms with Crippen LogP contribution in [0.3, 0.4) is 0 Å². The molecule has 1 amide bonds. The molecule has 1 atom stereocenters. The summed E-state index contributed by atoms with van der Waals surface area (Å²) in [5, 5.41) is 11.3. The number of aryl methyl sites for hydroxylation is 1. The van der Waals surface area contributed by atoms with Crippen molar-refractivity contribution in [3.05, 3.63) is 105 Å². The number of thioether (sulfide) groups is 1. The van der Waals surface area contributed by atoms with Gasteiger partial charge < -0.3 is 14.7 Å². The van der Waals surface area contributed by atoms with E-state index in [1.165, 1.54) is 4.90 Å². The van der Waals surface area contributed by atoms with Crippen molar-refractivity contribution in [1.29, 1.82) is 0 Å². The molecule has 0 saturated carbocycles. The van der Waals surface area contributed by atoms with Crippen LogP contribution in [0.1, 0.15) is 45.3 Å². The predicted molar refractivity (Wildman–Crippen MR) is 163 cm³/mol. The lowest BCUT2D eigenvalue weighted by atomic mass is 9.98. The van der Waals surface area contributed by atoms with Crippen molar-refractivity contribution in [2.75, 3.05) is 19.8 Å². The molecule has 40 heavy (non-hydrogen) atoms. The monoisotopic (exact) mass is 596 g/mol. The number of ether oxygens (including phenoxy) is 1. The van der Waals surface area contributed by atoms with Gasteiger partial charge in [-0.1, -0.05) is 53.5 Å². The number of hydrogen-bond acceptors (Lipinski definition) is 5. The van der Waals surface area contributed by atoms with Crippen LogP contribution in [0.15, 0.2) is 72.8 Å². The lowest BCUT2D eigenvalue weighted by molar-refractivity contribution is -0.136. The van der Waals surface area contributed by atoms with Crippen LogP contribution in [-0.4, -0.2) is 46.7 Å². The molecule has 0 aliphatic carbocycles. The lowest BCUT2D eigenvalue weighted by Crippen LogP contribution is -2.23. The number of carbonyl (C=O) groups excluding carboxylic acids is 1. The van der Waals surface area contributed by atoms with Gasteiger partial charge in [-0.15, -0.1) is 0 Å². The molecule has 1 heterocycles. The van der Waals surface area contributed by atoms with Gasteiger partial charge in [0.25, 0.3) is 5.91 Å². The number of benzene rings is 3. The van der Waals surface area contributed by atoms with E-state index in [9.17, 15) is 14.7 Å². The second kappa shape index (κ2) is 13.9. The predicted octanol–water partition coefficient (Wildman–Crippen LogP) is 7.70. The zero-order chi connectivity index (χ0) is 28.6. The number of carbonyl (C=O) groups is 2. The largest absolute Gasteiger partial charge is 0.487 e. The minimum Gasteiger partial charge on any atom is -0.487 e. The van der Waals surface area contributed by atoms with Gasteiger partial charge in [0.05, 0.1) is 17.6 Å². The minimum atomic E-state index is -0.830. The molecule has 3 aromatic carbocycles. The number of rotatable bonds is 12. The summed E-state index contributed by atoms with van der Waals surface area (Å²) in [6, 6.07) is 22.8. The fourth-order valence-corrected chi connectivity index (χ4v) is 5.84. The van der Waals surface area contributed by atoms with E-state index in [2.05, 4.69) is 4.98 Å². The van der Waals surface area contributed by atoms with E-state index in [1.807, 2.05) is 60.7 Å². The van der Waals surface area contributed by atoms with Crippen LogP contribution >= 0.6 is 35.0 Å². The number of aromatic nitrogens is 1. The van der Waals surface area contributed by atoms with E-state index in [4.69, 9.17) is 27.9 Å². The molecule has 0 radical (unpaired) electrons. The third-order valence-electron chi connectivity index (χ3n) is 6.35. The Kier molecular flexibility index (Phi) is 10.3. The molecule has 4 rings (SSSR count). The summed E-state index contributed by atoms with van der Waals surface area (Å²) in [5.41, 5.74) is 4.11. The third-order valence-corrected chi connectivity index (χ3v) is 8.17. The average molecular weight is 598 g/mol. The fraction of sp³-hybridized carbons (Fsp3) is 0.258. The van der Waals surface area contributed by atoms with Crippen molar-refractivity contribution in [2.45, 2.75) is 31.1 Å². The molecule has 0 bridgehead atoms. The van der Waals surface area contributed by atoms with Gasteiger partial charge in [-0.05, 0) is 66.4 Å². The summed E-state index contributed by atoms with van der Waals surface area (Å²) in [4.78, 5) is 30.2. The highest BCUT2D eigenvalue weighted by Gasteiger charge is 2.18. The van der Waals surface area contributed by atoms with E-state index in [0.717, 1.165) is 27.7 Å².